The topological polar surface area (TPSA) is 61.6 Å². The number of benzene rings is 2. The number of aryl methyl sites for hydroxylation is 1. The van der Waals surface area contributed by atoms with Crippen LogP contribution < -0.4 is 4.74 Å². The molecule has 164 valence electrons. The fraction of sp³-hybridized carbons (Fsp3) is 0.360. The van der Waals surface area contributed by atoms with Crippen molar-refractivity contribution in [2.75, 3.05) is 19.5 Å². The number of methoxy groups -OCH3 is 1. The molecule has 0 atom stereocenters. The second-order valence-electron chi connectivity index (χ2n) is 7.61. The second kappa shape index (κ2) is 11.0. The van der Waals surface area contributed by atoms with E-state index in [4.69, 9.17) is 9.15 Å². The van der Waals surface area contributed by atoms with Gasteiger partial charge >= 0.3 is 5.97 Å². The molecule has 0 aliphatic rings. The molecular formula is C25H29NO4S. The van der Waals surface area contributed by atoms with Crippen molar-refractivity contribution in [2.45, 2.75) is 38.9 Å². The Morgan fingerprint density at radius 2 is 1.94 bits per heavy atom. The molecular weight excluding hydrogens is 410 g/mol. The minimum absolute atomic E-state index is 0.212. The van der Waals surface area contributed by atoms with Crippen LogP contribution in [-0.2, 0) is 21.7 Å². The van der Waals surface area contributed by atoms with Gasteiger partial charge in [-0.05, 0) is 48.2 Å². The summed E-state index contributed by atoms with van der Waals surface area (Å²) in [6.07, 6.45) is 0.667. The van der Waals surface area contributed by atoms with E-state index in [1.54, 1.807) is 0 Å². The molecule has 0 aliphatic carbocycles. The number of aromatic nitrogens is 1. The maximum absolute atomic E-state index is 11.2. The van der Waals surface area contributed by atoms with E-state index in [0.29, 0.717) is 30.6 Å². The highest BCUT2D eigenvalue weighted by Gasteiger charge is 2.12. The second-order valence-corrected chi connectivity index (χ2v) is 8.60. The maximum Gasteiger partial charge on any atom is 0.315 e. The molecule has 5 nitrogen and oxygen atoms in total. The molecule has 0 unspecified atom stereocenters. The van der Waals surface area contributed by atoms with Crippen LogP contribution in [0.2, 0.25) is 0 Å². The molecule has 0 aliphatic heterocycles. The molecule has 0 bridgehead atoms. The molecule has 3 aromatic rings. The summed E-state index contributed by atoms with van der Waals surface area (Å²) < 4.78 is 16.5. The number of carbonyl (C=O) groups excluding carboxylic acids is 1. The monoisotopic (exact) mass is 439 g/mol. The largest absolute Gasteiger partial charge is 0.493 e. The van der Waals surface area contributed by atoms with Gasteiger partial charge in [0.1, 0.15) is 11.5 Å². The summed E-state index contributed by atoms with van der Waals surface area (Å²) in [5.41, 5.74) is 4.30. The van der Waals surface area contributed by atoms with Crippen molar-refractivity contribution in [2.24, 2.45) is 0 Å². The van der Waals surface area contributed by atoms with Crippen LogP contribution in [0, 0.1) is 6.92 Å². The Morgan fingerprint density at radius 1 is 1.16 bits per heavy atom. The Morgan fingerprint density at radius 3 is 2.65 bits per heavy atom. The summed E-state index contributed by atoms with van der Waals surface area (Å²) in [5.74, 6) is 3.63. The highest BCUT2D eigenvalue weighted by Crippen LogP contribution is 2.25. The first-order valence-corrected chi connectivity index (χ1v) is 11.5. The first-order chi connectivity index (χ1) is 15.0. The van der Waals surface area contributed by atoms with E-state index in [0.717, 1.165) is 34.1 Å². The van der Waals surface area contributed by atoms with E-state index in [-0.39, 0.29) is 5.97 Å². The van der Waals surface area contributed by atoms with Crippen LogP contribution in [-0.4, -0.2) is 30.4 Å². The smallest absolute Gasteiger partial charge is 0.315 e. The van der Waals surface area contributed by atoms with Gasteiger partial charge in [0.25, 0.3) is 0 Å². The standard InChI is InChI=1S/C25H29NO4S/c1-17(2)20-8-10-21(11-9-20)25-26-23(18(3)30-25)12-13-29-22-7-5-6-19(14-22)15-31-16-24(27)28-4/h5-11,14,17H,12-13,15-16H2,1-4H3. The van der Waals surface area contributed by atoms with Gasteiger partial charge in [0.05, 0.1) is 25.2 Å². The van der Waals surface area contributed by atoms with Gasteiger partial charge in [-0.25, -0.2) is 4.98 Å². The first-order valence-electron chi connectivity index (χ1n) is 10.4. The van der Waals surface area contributed by atoms with Gasteiger partial charge in [0, 0.05) is 17.7 Å². The SMILES string of the molecule is COC(=O)CSCc1cccc(OCCc2nc(-c3ccc(C(C)C)cc3)oc2C)c1. The molecule has 0 spiro atoms. The van der Waals surface area contributed by atoms with Gasteiger partial charge < -0.3 is 13.9 Å². The minimum atomic E-state index is -0.212. The molecule has 6 heteroatoms. The zero-order valence-corrected chi connectivity index (χ0v) is 19.3. The molecule has 1 heterocycles. The summed E-state index contributed by atoms with van der Waals surface area (Å²) >= 11 is 1.52. The molecule has 0 amide bonds. The van der Waals surface area contributed by atoms with Gasteiger partial charge in [0.15, 0.2) is 0 Å². The maximum atomic E-state index is 11.2. The quantitative estimate of drug-likeness (QED) is 0.372. The van der Waals surface area contributed by atoms with Crippen LogP contribution in [0.1, 0.15) is 42.3 Å². The summed E-state index contributed by atoms with van der Waals surface area (Å²) in [6.45, 7) is 6.81. The van der Waals surface area contributed by atoms with Crippen molar-refractivity contribution in [3.63, 3.8) is 0 Å². The van der Waals surface area contributed by atoms with Crippen molar-refractivity contribution in [1.82, 2.24) is 4.98 Å². The van der Waals surface area contributed by atoms with Crippen LogP contribution in [0.5, 0.6) is 5.75 Å². The number of rotatable bonds is 10. The van der Waals surface area contributed by atoms with E-state index < -0.39 is 0 Å². The highest BCUT2D eigenvalue weighted by atomic mass is 32.2. The van der Waals surface area contributed by atoms with E-state index >= 15 is 0 Å². The number of thioether (sulfide) groups is 1. The van der Waals surface area contributed by atoms with Crippen LogP contribution in [0.4, 0.5) is 0 Å². The van der Waals surface area contributed by atoms with Crippen molar-refractivity contribution < 1.29 is 18.7 Å². The van der Waals surface area contributed by atoms with E-state index in [1.165, 1.54) is 24.4 Å². The Kier molecular flexibility index (Phi) is 8.18. The highest BCUT2D eigenvalue weighted by molar-refractivity contribution is 7.99. The van der Waals surface area contributed by atoms with Crippen LogP contribution >= 0.6 is 11.8 Å². The average molecular weight is 440 g/mol. The van der Waals surface area contributed by atoms with E-state index in [9.17, 15) is 4.79 Å². The van der Waals surface area contributed by atoms with Crippen molar-refractivity contribution in [1.29, 1.82) is 0 Å². The Bertz CT molecular complexity index is 995. The third kappa shape index (κ3) is 6.62. The van der Waals surface area contributed by atoms with Crippen molar-refractivity contribution in [3.05, 3.63) is 71.1 Å². The van der Waals surface area contributed by atoms with Crippen molar-refractivity contribution in [3.8, 4) is 17.2 Å². The Hall–Kier alpha value is -2.73. The summed E-state index contributed by atoms with van der Waals surface area (Å²) in [6, 6.07) is 16.3. The Balaban J connectivity index is 1.54. The van der Waals surface area contributed by atoms with E-state index in [2.05, 4.69) is 47.8 Å². The zero-order chi connectivity index (χ0) is 22.2. The average Bonchev–Trinajstić information content (AvgIpc) is 3.14. The lowest BCUT2D eigenvalue weighted by Crippen LogP contribution is -2.04. The predicted molar refractivity (Wildman–Crippen MR) is 125 cm³/mol. The number of esters is 1. The Labute approximate surface area is 188 Å². The van der Waals surface area contributed by atoms with E-state index in [1.807, 2.05) is 31.2 Å². The number of hydrogen-bond donors (Lipinski definition) is 0. The molecule has 0 saturated carbocycles. The molecule has 3 rings (SSSR count). The number of nitrogens with zero attached hydrogens (tertiary/aromatic N) is 1. The fourth-order valence-electron chi connectivity index (χ4n) is 3.10. The normalized spacial score (nSPS) is 11.0. The molecule has 31 heavy (non-hydrogen) atoms. The molecule has 1 aromatic heterocycles. The molecule has 2 aromatic carbocycles. The number of oxazole rings is 1. The molecule has 0 saturated heterocycles. The molecule has 0 fully saturated rings. The van der Waals surface area contributed by atoms with Crippen LogP contribution in [0.25, 0.3) is 11.5 Å². The van der Waals surface area contributed by atoms with Gasteiger partial charge in [-0.3, -0.25) is 4.79 Å². The predicted octanol–water partition coefficient (Wildman–Crippen LogP) is 5.80. The van der Waals surface area contributed by atoms with Gasteiger partial charge in [-0.2, -0.15) is 0 Å². The number of carbonyl (C=O) groups is 1. The third-order valence-electron chi connectivity index (χ3n) is 4.94. The fourth-order valence-corrected chi connectivity index (χ4v) is 3.90. The lowest BCUT2D eigenvalue weighted by Gasteiger charge is -2.07. The lowest BCUT2D eigenvalue weighted by atomic mass is 10.0. The van der Waals surface area contributed by atoms with Gasteiger partial charge in [0.2, 0.25) is 5.89 Å². The van der Waals surface area contributed by atoms with Crippen LogP contribution in [0.3, 0.4) is 0 Å². The minimum Gasteiger partial charge on any atom is -0.493 e. The molecule has 0 radical (unpaired) electrons. The lowest BCUT2D eigenvalue weighted by molar-refractivity contribution is -0.137. The number of hydrogen-bond acceptors (Lipinski definition) is 6. The van der Waals surface area contributed by atoms with Crippen LogP contribution in [0.15, 0.2) is 52.9 Å². The summed E-state index contributed by atoms with van der Waals surface area (Å²) in [7, 11) is 1.40. The third-order valence-corrected chi connectivity index (χ3v) is 5.92. The number of ether oxygens (including phenoxy) is 2. The molecule has 0 N–H and O–H groups in total. The van der Waals surface area contributed by atoms with Gasteiger partial charge in [-0.15, -0.1) is 11.8 Å². The summed E-state index contributed by atoms with van der Waals surface area (Å²) in [5, 5.41) is 0. The zero-order valence-electron chi connectivity index (χ0n) is 18.5. The summed E-state index contributed by atoms with van der Waals surface area (Å²) in [4.78, 5) is 15.9. The first kappa shape index (κ1) is 22.9. The van der Waals surface area contributed by atoms with Crippen molar-refractivity contribution >= 4 is 17.7 Å². The van der Waals surface area contributed by atoms with Gasteiger partial charge in [-0.1, -0.05) is 38.1 Å².